The van der Waals surface area contributed by atoms with Gasteiger partial charge in [0.05, 0.1) is 0 Å². The quantitative estimate of drug-likeness (QED) is 0.814. The topological polar surface area (TPSA) is 15.3 Å². The molecule has 0 spiro atoms. The molecule has 0 amide bonds. The van der Waals surface area contributed by atoms with Crippen LogP contribution in [0.2, 0.25) is 0 Å². The van der Waals surface area contributed by atoms with E-state index in [1.165, 1.54) is 11.1 Å². The molecule has 0 fully saturated rings. The van der Waals surface area contributed by atoms with Crippen LogP contribution in [0.25, 0.3) is 0 Å². The summed E-state index contributed by atoms with van der Waals surface area (Å²) in [6.07, 6.45) is 0. The van der Waals surface area contributed by atoms with Gasteiger partial charge in [-0.05, 0) is 45.5 Å². The Morgan fingerprint density at radius 3 is 2.47 bits per heavy atom. The molecule has 1 rings (SSSR count). The fourth-order valence-corrected chi connectivity index (χ4v) is 2.07. The zero-order chi connectivity index (χ0) is 12.8. The van der Waals surface area contributed by atoms with Crippen LogP contribution in [-0.2, 0) is 6.54 Å². The summed E-state index contributed by atoms with van der Waals surface area (Å²) in [5, 5.41) is 3.48. The molecule has 1 aromatic rings. The summed E-state index contributed by atoms with van der Waals surface area (Å²) in [6, 6.07) is 9.68. The van der Waals surface area contributed by atoms with Crippen LogP contribution in [0.4, 0.5) is 0 Å². The van der Waals surface area contributed by atoms with Crippen LogP contribution in [-0.4, -0.2) is 30.6 Å². The van der Waals surface area contributed by atoms with E-state index in [9.17, 15) is 0 Å². The molecule has 0 bridgehead atoms. The largest absolute Gasteiger partial charge is 0.313 e. The number of hydrogen-bond acceptors (Lipinski definition) is 2. The van der Waals surface area contributed by atoms with E-state index in [1.807, 2.05) is 0 Å². The van der Waals surface area contributed by atoms with Crippen LogP contribution in [0.3, 0.4) is 0 Å². The number of nitrogens with one attached hydrogen (secondary N) is 1. The van der Waals surface area contributed by atoms with E-state index >= 15 is 0 Å². The van der Waals surface area contributed by atoms with E-state index in [0.29, 0.717) is 12.1 Å². The minimum atomic E-state index is 0.522. The summed E-state index contributed by atoms with van der Waals surface area (Å²) in [6.45, 7) is 10.9. The molecule has 96 valence electrons. The van der Waals surface area contributed by atoms with Crippen molar-refractivity contribution in [2.45, 2.75) is 46.3 Å². The lowest BCUT2D eigenvalue weighted by Gasteiger charge is -2.30. The van der Waals surface area contributed by atoms with Crippen LogP contribution in [0, 0.1) is 6.92 Å². The maximum Gasteiger partial charge on any atom is 0.0236 e. The first-order valence-electron chi connectivity index (χ1n) is 6.54. The summed E-state index contributed by atoms with van der Waals surface area (Å²) >= 11 is 0. The van der Waals surface area contributed by atoms with Crippen LogP contribution in [0.15, 0.2) is 24.3 Å². The molecular formula is C15H26N2. The summed E-state index contributed by atoms with van der Waals surface area (Å²) in [5.74, 6) is 0. The molecule has 2 heteroatoms. The highest BCUT2D eigenvalue weighted by Gasteiger charge is 2.16. The minimum Gasteiger partial charge on any atom is -0.313 e. The number of nitrogens with zero attached hydrogens (tertiary/aromatic N) is 1. The van der Waals surface area contributed by atoms with Crippen molar-refractivity contribution in [3.05, 3.63) is 35.4 Å². The van der Waals surface area contributed by atoms with E-state index < -0.39 is 0 Å². The van der Waals surface area contributed by atoms with Crippen molar-refractivity contribution < 1.29 is 0 Å². The van der Waals surface area contributed by atoms with Crippen LogP contribution < -0.4 is 5.32 Å². The lowest BCUT2D eigenvalue weighted by Crippen LogP contribution is -2.44. The highest BCUT2D eigenvalue weighted by atomic mass is 15.2. The van der Waals surface area contributed by atoms with Crippen molar-refractivity contribution in [3.63, 3.8) is 0 Å². The molecule has 2 unspecified atom stereocenters. The third-order valence-electron chi connectivity index (χ3n) is 3.63. The predicted octanol–water partition coefficient (Wildman–Crippen LogP) is 2.81. The maximum absolute atomic E-state index is 3.48. The zero-order valence-electron chi connectivity index (χ0n) is 11.8. The van der Waals surface area contributed by atoms with Gasteiger partial charge in [0.25, 0.3) is 0 Å². The average molecular weight is 234 g/mol. The molecule has 0 saturated heterocycles. The molecule has 1 N–H and O–H groups in total. The van der Waals surface area contributed by atoms with E-state index in [0.717, 1.165) is 13.1 Å². The van der Waals surface area contributed by atoms with Gasteiger partial charge in [-0.3, -0.25) is 4.90 Å². The fraction of sp³-hybridized carbons (Fsp3) is 0.600. The normalized spacial score (nSPS) is 14.9. The average Bonchev–Trinajstić information content (AvgIpc) is 2.31. The molecule has 0 heterocycles. The predicted molar refractivity (Wildman–Crippen MR) is 75.2 cm³/mol. The van der Waals surface area contributed by atoms with Gasteiger partial charge in [-0.15, -0.1) is 0 Å². The van der Waals surface area contributed by atoms with Crippen molar-refractivity contribution in [1.82, 2.24) is 10.2 Å². The number of rotatable bonds is 6. The first kappa shape index (κ1) is 14.2. The van der Waals surface area contributed by atoms with Crippen LogP contribution >= 0.6 is 0 Å². The monoisotopic (exact) mass is 234 g/mol. The lowest BCUT2D eigenvalue weighted by molar-refractivity contribution is 0.207. The van der Waals surface area contributed by atoms with Crippen LogP contribution in [0.5, 0.6) is 0 Å². The van der Waals surface area contributed by atoms with Gasteiger partial charge in [0, 0.05) is 18.6 Å². The van der Waals surface area contributed by atoms with Crippen LogP contribution in [0.1, 0.15) is 31.9 Å². The Balaban J connectivity index is 2.60. The SMILES string of the molecule is CCNC(C)C(C)N(C)Cc1ccccc1C. The Morgan fingerprint density at radius 1 is 1.24 bits per heavy atom. The van der Waals surface area contributed by atoms with Gasteiger partial charge in [-0.1, -0.05) is 31.2 Å². The Kier molecular flexibility index (Phi) is 5.66. The molecule has 0 aliphatic heterocycles. The molecule has 0 saturated carbocycles. The van der Waals surface area contributed by atoms with E-state index in [1.54, 1.807) is 0 Å². The lowest BCUT2D eigenvalue weighted by atomic mass is 10.1. The van der Waals surface area contributed by atoms with Gasteiger partial charge in [0.15, 0.2) is 0 Å². The van der Waals surface area contributed by atoms with Gasteiger partial charge >= 0.3 is 0 Å². The number of benzene rings is 1. The summed E-state index contributed by atoms with van der Waals surface area (Å²) < 4.78 is 0. The number of likely N-dealkylation sites (N-methyl/N-ethyl adjacent to an activating group) is 2. The highest BCUT2D eigenvalue weighted by molar-refractivity contribution is 5.25. The molecule has 2 nitrogen and oxygen atoms in total. The van der Waals surface area contributed by atoms with Gasteiger partial charge < -0.3 is 5.32 Å². The molecule has 1 aromatic carbocycles. The summed E-state index contributed by atoms with van der Waals surface area (Å²) in [7, 11) is 2.20. The second-order valence-corrected chi connectivity index (χ2v) is 4.93. The highest BCUT2D eigenvalue weighted by Crippen LogP contribution is 2.12. The van der Waals surface area contributed by atoms with Gasteiger partial charge in [0.2, 0.25) is 0 Å². The molecule has 0 aliphatic carbocycles. The van der Waals surface area contributed by atoms with Gasteiger partial charge in [-0.25, -0.2) is 0 Å². The van der Waals surface area contributed by atoms with Crippen molar-refractivity contribution in [1.29, 1.82) is 0 Å². The molecule has 0 radical (unpaired) electrons. The molecule has 2 atom stereocenters. The number of aryl methyl sites for hydroxylation is 1. The Bertz CT molecular complexity index is 335. The Hall–Kier alpha value is -0.860. The van der Waals surface area contributed by atoms with Crippen molar-refractivity contribution in [2.75, 3.05) is 13.6 Å². The van der Waals surface area contributed by atoms with E-state index in [2.05, 4.69) is 69.2 Å². The molecule has 0 aliphatic rings. The minimum absolute atomic E-state index is 0.522. The van der Waals surface area contributed by atoms with Crippen molar-refractivity contribution in [3.8, 4) is 0 Å². The third-order valence-corrected chi connectivity index (χ3v) is 3.63. The Morgan fingerprint density at radius 2 is 1.88 bits per heavy atom. The fourth-order valence-electron chi connectivity index (χ4n) is 2.07. The molecule has 17 heavy (non-hydrogen) atoms. The van der Waals surface area contributed by atoms with E-state index in [4.69, 9.17) is 0 Å². The van der Waals surface area contributed by atoms with Gasteiger partial charge in [0.1, 0.15) is 0 Å². The van der Waals surface area contributed by atoms with E-state index in [-0.39, 0.29) is 0 Å². The standard InChI is InChI=1S/C15H26N2/c1-6-16-13(3)14(4)17(5)11-15-10-8-7-9-12(15)2/h7-10,13-14,16H,6,11H2,1-5H3. The van der Waals surface area contributed by atoms with Crippen molar-refractivity contribution >= 4 is 0 Å². The number of hydrogen-bond donors (Lipinski definition) is 1. The third kappa shape index (κ3) is 4.14. The second kappa shape index (κ2) is 6.77. The first-order valence-corrected chi connectivity index (χ1v) is 6.54. The first-order chi connectivity index (χ1) is 8.06. The zero-order valence-corrected chi connectivity index (χ0v) is 11.8. The summed E-state index contributed by atoms with van der Waals surface area (Å²) in [4.78, 5) is 2.41. The molecule has 0 aromatic heterocycles. The second-order valence-electron chi connectivity index (χ2n) is 4.93. The smallest absolute Gasteiger partial charge is 0.0236 e. The Labute approximate surface area is 106 Å². The summed E-state index contributed by atoms with van der Waals surface area (Å²) in [5.41, 5.74) is 2.80. The maximum atomic E-state index is 3.48. The van der Waals surface area contributed by atoms with Gasteiger partial charge in [-0.2, -0.15) is 0 Å². The van der Waals surface area contributed by atoms with Crippen molar-refractivity contribution in [2.24, 2.45) is 0 Å². The molecular weight excluding hydrogens is 208 g/mol.